The van der Waals surface area contributed by atoms with E-state index in [0.29, 0.717) is 28.7 Å². The molecule has 1 aliphatic rings. The molecular weight excluding hydrogens is 388 g/mol. The molecule has 0 bridgehead atoms. The third-order valence-corrected chi connectivity index (χ3v) is 5.98. The van der Waals surface area contributed by atoms with Gasteiger partial charge in [0, 0.05) is 34.1 Å². The monoisotopic (exact) mass is 412 g/mol. The van der Waals surface area contributed by atoms with Crippen LogP contribution < -0.4 is 10.9 Å². The van der Waals surface area contributed by atoms with E-state index < -0.39 is 0 Å². The maximum absolute atomic E-state index is 13.2. The molecule has 1 atom stereocenters. The molecule has 2 heterocycles. The van der Waals surface area contributed by atoms with Crippen LogP contribution in [0.15, 0.2) is 53.3 Å². The first-order valence-corrected chi connectivity index (χ1v) is 10.6. The van der Waals surface area contributed by atoms with Gasteiger partial charge in [-0.3, -0.25) is 9.59 Å². The van der Waals surface area contributed by atoms with Crippen molar-refractivity contribution < 1.29 is 4.79 Å². The van der Waals surface area contributed by atoms with Crippen molar-refractivity contribution >= 4 is 22.5 Å². The second-order valence-electron chi connectivity index (χ2n) is 8.43. The Morgan fingerprint density at radius 2 is 1.97 bits per heavy atom. The highest BCUT2D eigenvalue weighted by atomic mass is 16.1. The minimum atomic E-state index is -0.200. The van der Waals surface area contributed by atoms with Gasteiger partial charge in [0.1, 0.15) is 5.82 Å². The smallest absolute Gasteiger partial charge is 0.257 e. The van der Waals surface area contributed by atoms with E-state index >= 15 is 0 Å². The molecule has 6 nitrogen and oxygen atoms in total. The number of hydrogen-bond acceptors (Lipinski definition) is 3. The van der Waals surface area contributed by atoms with Crippen molar-refractivity contribution in [1.29, 1.82) is 0 Å². The average molecular weight is 412 g/mol. The lowest BCUT2D eigenvalue weighted by atomic mass is 9.87. The predicted molar refractivity (Wildman–Crippen MR) is 122 cm³/mol. The number of carbonyl (C=O) groups excluding carboxylic acids is 1. The van der Waals surface area contributed by atoms with Gasteiger partial charge >= 0.3 is 0 Å². The summed E-state index contributed by atoms with van der Waals surface area (Å²) in [5.41, 5.74) is 5.96. The quantitative estimate of drug-likeness (QED) is 0.459. The van der Waals surface area contributed by atoms with E-state index in [-0.39, 0.29) is 11.5 Å². The van der Waals surface area contributed by atoms with E-state index in [1.807, 2.05) is 36.4 Å². The number of nitrogens with one attached hydrogen (secondary N) is 3. The van der Waals surface area contributed by atoms with E-state index in [4.69, 9.17) is 0 Å². The van der Waals surface area contributed by atoms with Gasteiger partial charge in [0.05, 0.1) is 11.1 Å². The number of rotatable bonds is 3. The van der Waals surface area contributed by atoms with Gasteiger partial charge in [-0.05, 0) is 55.9 Å². The summed E-state index contributed by atoms with van der Waals surface area (Å²) in [6.45, 7) is 4.06. The molecule has 0 radical (unpaired) electrons. The number of hydrogen-bond donors (Lipinski definition) is 3. The molecule has 1 unspecified atom stereocenters. The maximum Gasteiger partial charge on any atom is 0.257 e. The summed E-state index contributed by atoms with van der Waals surface area (Å²) in [5.74, 6) is 0.975. The molecule has 31 heavy (non-hydrogen) atoms. The summed E-state index contributed by atoms with van der Waals surface area (Å²) in [5, 5.41) is 4.14. The van der Waals surface area contributed by atoms with Crippen molar-refractivity contribution in [3.8, 4) is 11.4 Å². The van der Waals surface area contributed by atoms with Crippen LogP contribution in [0, 0.1) is 12.8 Å². The Hall–Kier alpha value is -3.67. The first kappa shape index (κ1) is 19.3. The van der Waals surface area contributed by atoms with Gasteiger partial charge in [0.2, 0.25) is 0 Å². The predicted octanol–water partition coefficient (Wildman–Crippen LogP) is 4.60. The van der Waals surface area contributed by atoms with Gasteiger partial charge in [0.25, 0.3) is 11.5 Å². The van der Waals surface area contributed by atoms with Crippen LogP contribution in [0.4, 0.5) is 5.69 Å². The first-order valence-electron chi connectivity index (χ1n) is 10.6. The van der Waals surface area contributed by atoms with Crippen LogP contribution in [-0.2, 0) is 12.8 Å². The molecule has 156 valence electrons. The molecule has 1 amide bonds. The van der Waals surface area contributed by atoms with Crippen molar-refractivity contribution in [3.05, 3.63) is 81.4 Å². The van der Waals surface area contributed by atoms with Crippen molar-refractivity contribution in [2.75, 3.05) is 5.32 Å². The largest absolute Gasteiger partial charge is 0.358 e. The number of amides is 1. The molecule has 4 aromatic rings. The van der Waals surface area contributed by atoms with Gasteiger partial charge in [-0.1, -0.05) is 31.2 Å². The molecule has 1 aliphatic carbocycles. The zero-order chi connectivity index (χ0) is 21.5. The van der Waals surface area contributed by atoms with Gasteiger partial charge in [-0.25, -0.2) is 4.98 Å². The third kappa shape index (κ3) is 3.65. The Morgan fingerprint density at radius 3 is 2.81 bits per heavy atom. The standard InChI is InChI=1S/C25H24N4O2/c1-14-9-10-21-20(11-14)18-7-4-8-19(23(18)28-21)25(31)27-17-6-3-5-16(13-17)24-26-15(2)12-22(30)29-24/h3-8,12-14,28H,9-11H2,1-2H3,(H,27,31)(H,26,29,30). The lowest BCUT2D eigenvalue weighted by molar-refractivity contribution is 0.102. The maximum atomic E-state index is 13.2. The van der Waals surface area contributed by atoms with Gasteiger partial charge in [-0.2, -0.15) is 0 Å². The number of aromatic nitrogens is 3. The molecule has 3 N–H and O–H groups in total. The van der Waals surface area contributed by atoms with Crippen molar-refractivity contribution in [1.82, 2.24) is 15.0 Å². The number of carbonyl (C=O) groups is 1. The third-order valence-electron chi connectivity index (χ3n) is 5.98. The summed E-state index contributed by atoms with van der Waals surface area (Å²) < 4.78 is 0. The number of H-pyrrole nitrogens is 2. The Morgan fingerprint density at radius 1 is 1.13 bits per heavy atom. The number of aryl methyl sites for hydroxylation is 2. The van der Waals surface area contributed by atoms with Crippen molar-refractivity contribution in [3.63, 3.8) is 0 Å². The molecule has 5 rings (SSSR count). The summed E-state index contributed by atoms with van der Waals surface area (Å²) in [7, 11) is 0. The normalized spacial score (nSPS) is 15.6. The van der Waals surface area contributed by atoms with Crippen LogP contribution in [-0.4, -0.2) is 20.9 Å². The second-order valence-corrected chi connectivity index (χ2v) is 8.43. The molecule has 0 saturated carbocycles. The fraction of sp³-hybridized carbons (Fsp3) is 0.240. The van der Waals surface area contributed by atoms with E-state index in [1.54, 1.807) is 6.92 Å². The summed E-state index contributed by atoms with van der Waals surface area (Å²) >= 11 is 0. The van der Waals surface area contributed by atoms with Gasteiger partial charge < -0.3 is 15.3 Å². The zero-order valence-electron chi connectivity index (χ0n) is 17.6. The van der Waals surface area contributed by atoms with Crippen molar-refractivity contribution in [2.45, 2.75) is 33.1 Å². The summed E-state index contributed by atoms with van der Waals surface area (Å²) in [4.78, 5) is 35.6. The van der Waals surface area contributed by atoms with E-state index in [9.17, 15) is 9.59 Å². The number of benzene rings is 2. The summed E-state index contributed by atoms with van der Waals surface area (Å²) in [6, 6.07) is 14.7. The molecule has 0 spiro atoms. The van der Waals surface area contributed by atoms with E-state index in [2.05, 4.69) is 33.3 Å². The molecule has 0 fully saturated rings. The topological polar surface area (TPSA) is 90.6 Å². The Labute approximate surface area is 179 Å². The van der Waals surface area contributed by atoms with Crippen molar-refractivity contribution in [2.24, 2.45) is 5.92 Å². The van der Waals surface area contributed by atoms with Crippen LogP contribution in [0.25, 0.3) is 22.3 Å². The van der Waals surface area contributed by atoms with E-state index in [1.165, 1.54) is 23.7 Å². The number of nitrogens with zero attached hydrogens (tertiary/aromatic N) is 1. The minimum Gasteiger partial charge on any atom is -0.358 e. The highest BCUT2D eigenvalue weighted by molar-refractivity contribution is 6.12. The number of anilines is 1. The number of fused-ring (bicyclic) bond motifs is 3. The van der Waals surface area contributed by atoms with Crippen LogP contribution in [0.3, 0.4) is 0 Å². The molecule has 0 aliphatic heterocycles. The molecular formula is C25H24N4O2. The highest BCUT2D eigenvalue weighted by Gasteiger charge is 2.22. The fourth-order valence-corrected chi connectivity index (χ4v) is 4.46. The Kier molecular flexibility index (Phi) is 4.70. The van der Waals surface area contributed by atoms with Crippen LogP contribution in [0.5, 0.6) is 0 Å². The fourth-order valence-electron chi connectivity index (χ4n) is 4.46. The highest BCUT2D eigenvalue weighted by Crippen LogP contribution is 2.33. The Bertz CT molecular complexity index is 1370. The van der Waals surface area contributed by atoms with Gasteiger partial charge in [-0.15, -0.1) is 0 Å². The minimum absolute atomic E-state index is 0.167. The van der Waals surface area contributed by atoms with Gasteiger partial charge in [0.15, 0.2) is 0 Å². The van der Waals surface area contributed by atoms with Crippen LogP contribution in [0.1, 0.15) is 40.7 Å². The average Bonchev–Trinajstić information content (AvgIpc) is 3.11. The zero-order valence-corrected chi connectivity index (χ0v) is 17.6. The second kappa shape index (κ2) is 7.54. The molecule has 2 aromatic carbocycles. The molecule has 2 aromatic heterocycles. The number of para-hydroxylation sites is 1. The molecule has 6 heteroatoms. The van der Waals surface area contributed by atoms with E-state index in [0.717, 1.165) is 29.3 Å². The number of aromatic amines is 2. The SMILES string of the molecule is Cc1cc(=O)[nH]c(-c2cccc(NC(=O)c3cccc4c5c([nH]c34)CCC(C)C5)c2)n1. The molecule has 0 saturated heterocycles. The Balaban J connectivity index is 1.47. The first-order chi connectivity index (χ1) is 15.0. The lowest BCUT2D eigenvalue weighted by Crippen LogP contribution is -2.13. The van der Waals surface area contributed by atoms with Crippen LogP contribution in [0.2, 0.25) is 0 Å². The summed E-state index contributed by atoms with van der Waals surface area (Å²) in [6.07, 6.45) is 3.24. The lowest BCUT2D eigenvalue weighted by Gasteiger charge is -2.17. The van der Waals surface area contributed by atoms with Crippen LogP contribution >= 0.6 is 0 Å².